The maximum atomic E-state index is 4.26. The van der Waals surface area contributed by atoms with E-state index in [0.717, 1.165) is 11.1 Å². The molecule has 1 aromatic heterocycles. The number of benzene rings is 4. The van der Waals surface area contributed by atoms with Gasteiger partial charge in [0.2, 0.25) is 0 Å². The van der Waals surface area contributed by atoms with Gasteiger partial charge < -0.3 is 0 Å². The van der Waals surface area contributed by atoms with Crippen LogP contribution in [0.15, 0.2) is 104 Å². The van der Waals surface area contributed by atoms with Gasteiger partial charge in [-0.1, -0.05) is 78.9 Å². The molecule has 0 saturated heterocycles. The third kappa shape index (κ3) is 2.04. The van der Waals surface area contributed by atoms with Crippen LogP contribution in [0, 0.1) is 6.92 Å². The maximum absolute atomic E-state index is 4.26. The van der Waals surface area contributed by atoms with E-state index in [9.17, 15) is 0 Å². The van der Waals surface area contributed by atoms with E-state index < -0.39 is 0 Å². The molecular formula is C30H20N2. The predicted octanol–water partition coefficient (Wildman–Crippen LogP) is 6.80. The van der Waals surface area contributed by atoms with Gasteiger partial charge in [0.1, 0.15) is 6.33 Å². The summed E-state index contributed by atoms with van der Waals surface area (Å²) in [7, 11) is 0. The molecule has 32 heavy (non-hydrogen) atoms. The number of aromatic nitrogens is 2. The van der Waals surface area contributed by atoms with Crippen molar-refractivity contribution in [2.24, 2.45) is 0 Å². The van der Waals surface area contributed by atoms with Crippen LogP contribution in [0.4, 0.5) is 0 Å². The van der Waals surface area contributed by atoms with Gasteiger partial charge in [0.15, 0.2) is 0 Å². The van der Waals surface area contributed by atoms with E-state index in [1.54, 1.807) is 6.33 Å². The van der Waals surface area contributed by atoms with Crippen molar-refractivity contribution in [1.29, 1.82) is 0 Å². The van der Waals surface area contributed by atoms with E-state index in [1.807, 2.05) is 12.4 Å². The first-order chi connectivity index (χ1) is 15.8. The minimum Gasteiger partial charge on any atom is -0.244 e. The third-order valence-corrected chi connectivity index (χ3v) is 7.22. The molecule has 0 amide bonds. The van der Waals surface area contributed by atoms with Crippen LogP contribution in [0.3, 0.4) is 0 Å². The van der Waals surface area contributed by atoms with Gasteiger partial charge in [-0.05, 0) is 68.6 Å². The zero-order chi connectivity index (χ0) is 21.3. The Balaban J connectivity index is 1.66. The molecule has 7 rings (SSSR count). The summed E-state index contributed by atoms with van der Waals surface area (Å²) in [5.74, 6) is 0. The predicted molar refractivity (Wildman–Crippen MR) is 129 cm³/mol. The molecule has 1 spiro atoms. The molecular weight excluding hydrogens is 388 g/mol. The molecule has 0 bridgehead atoms. The Labute approximate surface area is 187 Å². The molecule has 0 saturated carbocycles. The van der Waals surface area contributed by atoms with E-state index in [4.69, 9.17) is 0 Å². The minimum atomic E-state index is -0.310. The SMILES string of the molecule is Cc1cccc2c1-c1ccc(-c3cncnc3)cc1C21c2ccccc2-c2ccccc21. The molecule has 2 nitrogen and oxygen atoms in total. The molecule has 2 heteroatoms. The fourth-order valence-electron chi connectivity index (χ4n) is 6.00. The average Bonchev–Trinajstić information content (AvgIpc) is 3.32. The standard InChI is InChI=1S/C30H20N2/c1-19-7-6-12-27-29(19)24-14-13-20(21-16-31-18-32-17-21)15-28(24)30(27)25-10-4-2-8-22(25)23-9-3-5-11-26(23)30/h2-18H,1H3. The fourth-order valence-corrected chi connectivity index (χ4v) is 6.00. The summed E-state index contributed by atoms with van der Waals surface area (Å²) < 4.78 is 0. The van der Waals surface area contributed by atoms with Crippen molar-refractivity contribution in [2.45, 2.75) is 12.3 Å². The summed E-state index contributed by atoms with van der Waals surface area (Å²) in [6.45, 7) is 2.23. The molecule has 150 valence electrons. The van der Waals surface area contributed by atoms with E-state index in [-0.39, 0.29) is 5.41 Å². The lowest BCUT2D eigenvalue weighted by atomic mass is 9.70. The summed E-state index contributed by atoms with van der Waals surface area (Å²) in [6.07, 6.45) is 5.37. The van der Waals surface area contributed by atoms with Gasteiger partial charge in [-0.2, -0.15) is 0 Å². The Morgan fingerprint density at radius 2 is 1.22 bits per heavy atom. The van der Waals surface area contributed by atoms with Gasteiger partial charge in [0.05, 0.1) is 5.41 Å². The van der Waals surface area contributed by atoms with Gasteiger partial charge in [0.25, 0.3) is 0 Å². The van der Waals surface area contributed by atoms with E-state index in [0.29, 0.717) is 0 Å². The zero-order valence-electron chi connectivity index (χ0n) is 17.7. The highest BCUT2D eigenvalue weighted by Gasteiger charge is 2.51. The summed E-state index contributed by atoms with van der Waals surface area (Å²) in [6, 6.07) is 31.5. The van der Waals surface area contributed by atoms with Crippen molar-refractivity contribution < 1.29 is 0 Å². The highest BCUT2D eigenvalue weighted by Crippen LogP contribution is 2.63. The molecule has 0 N–H and O–H groups in total. The van der Waals surface area contributed by atoms with Crippen LogP contribution < -0.4 is 0 Å². The molecule has 1 heterocycles. The number of nitrogens with zero attached hydrogens (tertiary/aromatic N) is 2. The lowest BCUT2D eigenvalue weighted by Gasteiger charge is -2.30. The molecule has 2 aliphatic carbocycles. The van der Waals surface area contributed by atoms with Gasteiger partial charge in [-0.25, -0.2) is 9.97 Å². The first kappa shape index (κ1) is 17.6. The Bertz CT molecular complexity index is 1490. The van der Waals surface area contributed by atoms with Gasteiger partial charge in [-0.15, -0.1) is 0 Å². The quantitative estimate of drug-likeness (QED) is 0.299. The molecule has 4 aromatic carbocycles. The average molecular weight is 409 g/mol. The van der Waals surface area contributed by atoms with Crippen LogP contribution >= 0.6 is 0 Å². The summed E-state index contributed by atoms with van der Waals surface area (Å²) in [4.78, 5) is 8.52. The molecule has 0 aliphatic heterocycles. The molecule has 0 radical (unpaired) electrons. The molecule has 0 atom stereocenters. The third-order valence-electron chi connectivity index (χ3n) is 7.22. The lowest BCUT2D eigenvalue weighted by molar-refractivity contribution is 0.793. The van der Waals surface area contributed by atoms with Crippen molar-refractivity contribution in [3.63, 3.8) is 0 Å². The summed E-state index contributed by atoms with van der Waals surface area (Å²) >= 11 is 0. The second-order valence-electron chi connectivity index (χ2n) is 8.73. The number of hydrogen-bond acceptors (Lipinski definition) is 2. The first-order valence-corrected chi connectivity index (χ1v) is 11.0. The van der Waals surface area contributed by atoms with E-state index in [2.05, 4.69) is 102 Å². The van der Waals surface area contributed by atoms with Crippen LogP contribution in [0.25, 0.3) is 33.4 Å². The van der Waals surface area contributed by atoms with Gasteiger partial charge in [-0.3, -0.25) is 0 Å². The van der Waals surface area contributed by atoms with Crippen LogP contribution in [0.1, 0.15) is 27.8 Å². The Morgan fingerprint density at radius 3 is 1.94 bits per heavy atom. The van der Waals surface area contributed by atoms with Crippen LogP contribution in [-0.2, 0) is 5.41 Å². The van der Waals surface area contributed by atoms with Gasteiger partial charge >= 0.3 is 0 Å². The number of aryl methyl sites for hydroxylation is 1. The van der Waals surface area contributed by atoms with Crippen molar-refractivity contribution in [2.75, 3.05) is 0 Å². The largest absolute Gasteiger partial charge is 0.244 e. The van der Waals surface area contributed by atoms with Gasteiger partial charge in [0, 0.05) is 18.0 Å². The smallest absolute Gasteiger partial charge is 0.115 e. The van der Waals surface area contributed by atoms with Crippen molar-refractivity contribution in [1.82, 2.24) is 9.97 Å². The lowest BCUT2D eigenvalue weighted by Crippen LogP contribution is -2.25. The second kappa shape index (κ2) is 6.24. The highest BCUT2D eigenvalue weighted by atomic mass is 14.8. The minimum absolute atomic E-state index is 0.310. The van der Waals surface area contributed by atoms with Crippen LogP contribution in [-0.4, -0.2) is 9.97 Å². The number of fused-ring (bicyclic) bond motifs is 10. The summed E-state index contributed by atoms with van der Waals surface area (Å²) in [5.41, 5.74) is 14.0. The van der Waals surface area contributed by atoms with Crippen molar-refractivity contribution >= 4 is 0 Å². The Kier molecular flexibility index (Phi) is 3.44. The maximum Gasteiger partial charge on any atom is 0.115 e. The fraction of sp³-hybridized carbons (Fsp3) is 0.0667. The first-order valence-electron chi connectivity index (χ1n) is 11.0. The topological polar surface area (TPSA) is 25.8 Å². The number of rotatable bonds is 1. The Morgan fingerprint density at radius 1 is 0.562 bits per heavy atom. The monoisotopic (exact) mass is 408 g/mol. The second-order valence-corrected chi connectivity index (χ2v) is 8.73. The van der Waals surface area contributed by atoms with E-state index in [1.165, 1.54) is 50.1 Å². The normalized spacial score (nSPS) is 14.0. The molecule has 5 aromatic rings. The molecule has 0 unspecified atom stereocenters. The summed E-state index contributed by atoms with van der Waals surface area (Å²) in [5, 5.41) is 0. The highest BCUT2D eigenvalue weighted by molar-refractivity contribution is 5.96. The van der Waals surface area contributed by atoms with E-state index >= 15 is 0 Å². The molecule has 0 fully saturated rings. The molecule has 2 aliphatic rings. The van der Waals surface area contributed by atoms with Crippen molar-refractivity contribution in [3.8, 4) is 33.4 Å². The Hall–Kier alpha value is -4.04. The van der Waals surface area contributed by atoms with Crippen molar-refractivity contribution in [3.05, 3.63) is 131 Å². The van der Waals surface area contributed by atoms with Crippen LogP contribution in [0.2, 0.25) is 0 Å². The zero-order valence-corrected chi connectivity index (χ0v) is 17.7. The van der Waals surface area contributed by atoms with Crippen LogP contribution in [0.5, 0.6) is 0 Å². The number of hydrogen-bond donors (Lipinski definition) is 0.